The van der Waals surface area contributed by atoms with E-state index in [9.17, 15) is 21.6 Å². The molecule has 2 nitrogen and oxygen atoms in total. The van der Waals surface area contributed by atoms with E-state index >= 15 is 0 Å². The molecule has 0 unspecified atom stereocenters. The van der Waals surface area contributed by atoms with Crippen LogP contribution in [0.15, 0.2) is 65.6 Å². The lowest BCUT2D eigenvalue weighted by Gasteiger charge is -2.15. The minimum Gasteiger partial charge on any atom is -0.224 e. The van der Waals surface area contributed by atoms with Crippen molar-refractivity contribution < 1.29 is 21.6 Å². The maximum absolute atomic E-state index is 13.2. The van der Waals surface area contributed by atoms with Crippen molar-refractivity contribution in [1.29, 1.82) is 0 Å². The Bertz CT molecular complexity index is 1140. The fourth-order valence-corrected chi connectivity index (χ4v) is 3.69. The number of hydrogen-bond donors (Lipinski definition) is 0. The van der Waals surface area contributed by atoms with Gasteiger partial charge in [-0.1, -0.05) is 47.5 Å². The number of sulfone groups is 1. The van der Waals surface area contributed by atoms with E-state index in [0.717, 1.165) is 18.4 Å². The van der Waals surface area contributed by atoms with Crippen molar-refractivity contribution in [1.82, 2.24) is 0 Å². The van der Waals surface area contributed by atoms with Gasteiger partial charge in [-0.3, -0.25) is 0 Å². The highest BCUT2D eigenvalue weighted by atomic mass is 35.5. The topological polar surface area (TPSA) is 34.1 Å². The molecular weight excluding hydrogens is 432 g/mol. The summed E-state index contributed by atoms with van der Waals surface area (Å²) in [6.07, 6.45) is -3.45. The molecule has 0 spiro atoms. The van der Waals surface area contributed by atoms with Crippen LogP contribution in [0.2, 0.25) is 10.0 Å². The third-order valence-corrected chi connectivity index (χ3v) is 6.04. The molecule has 0 heterocycles. The van der Waals surface area contributed by atoms with Gasteiger partial charge in [-0.2, -0.15) is 13.2 Å². The van der Waals surface area contributed by atoms with Crippen LogP contribution >= 0.6 is 23.2 Å². The molecule has 146 valence electrons. The molecule has 0 aliphatic heterocycles. The van der Waals surface area contributed by atoms with Crippen molar-refractivity contribution in [2.24, 2.45) is 0 Å². The Morgan fingerprint density at radius 3 is 1.89 bits per heavy atom. The molecule has 3 aromatic carbocycles. The minimum absolute atomic E-state index is 0.0827. The lowest BCUT2D eigenvalue weighted by atomic mass is 9.92. The Kier molecular flexibility index (Phi) is 5.49. The highest BCUT2D eigenvalue weighted by molar-refractivity contribution is 7.90. The fraction of sp³-hybridized carbons (Fsp3) is 0.100. The maximum atomic E-state index is 13.2. The molecule has 0 fully saturated rings. The van der Waals surface area contributed by atoms with Crippen molar-refractivity contribution >= 4 is 33.0 Å². The molecular formula is C20H13Cl2F3O2S. The van der Waals surface area contributed by atoms with Gasteiger partial charge in [0.05, 0.1) is 20.5 Å². The molecule has 8 heteroatoms. The first-order valence-electron chi connectivity index (χ1n) is 7.94. The van der Waals surface area contributed by atoms with Gasteiger partial charge in [-0.15, -0.1) is 0 Å². The molecule has 0 aliphatic carbocycles. The third kappa shape index (κ3) is 4.35. The zero-order valence-corrected chi connectivity index (χ0v) is 16.7. The molecule has 0 amide bonds. The summed E-state index contributed by atoms with van der Waals surface area (Å²) in [6.45, 7) is 0. The van der Waals surface area contributed by atoms with Gasteiger partial charge in [-0.05, 0) is 58.7 Å². The van der Waals surface area contributed by atoms with E-state index in [2.05, 4.69) is 0 Å². The minimum atomic E-state index is -4.52. The molecule has 28 heavy (non-hydrogen) atoms. The van der Waals surface area contributed by atoms with E-state index in [1.165, 1.54) is 30.3 Å². The summed E-state index contributed by atoms with van der Waals surface area (Å²) >= 11 is 12.0. The number of hydrogen-bond acceptors (Lipinski definition) is 2. The standard InChI is InChI=1S/C20H13Cl2F3O2S/c1-28(26,27)15-6-2-12(3-7-15)17-11-14(20(23,24)25)5-8-16(17)13-4-9-18(21)19(22)10-13/h2-11H,1H3. The van der Waals surface area contributed by atoms with Crippen LogP contribution in [0.25, 0.3) is 22.3 Å². The first-order chi connectivity index (χ1) is 13.0. The van der Waals surface area contributed by atoms with E-state index in [4.69, 9.17) is 23.2 Å². The zero-order valence-electron chi connectivity index (χ0n) is 14.4. The van der Waals surface area contributed by atoms with Gasteiger partial charge >= 0.3 is 6.18 Å². The Morgan fingerprint density at radius 1 is 0.750 bits per heavy atom. The highest BCUT2D eigenvalue weighted by Gasteiger charge is 2.31. The van der Waals surface area contributed by atoms with Crippen LogP contribution < -0.4 is 0 Å². The normalized spacial score (nSPS) is 12.2. The Hall–Kier alpha value is -2.02. The van der Waals surface area contributed by atoms with Gasteiger partial charge < -0.3 is 0 Å². The Morgan fingerprint density at radius 2 is 1.36 bits per heavy atom. The van der Waals surface area contributed by atoms with Crippen LogP contribution in [0.1, 0.15) is 5.56 Å². The zero-order chi connectivity index (χ0) is 20.7. The fourth-order valence-electron chi connectivity index (χ4n) is 2.76. The summed E-state index contributed by atoms with van der Waals surface area (Å²) in [5.41, 5.74) is 1.04. The van der Waals surface area contributed by atoms with Crippen LogP contribution in [0.5, 0.6) is 0 Å². The molecule has 0 radical (unpaired) electrons. The van der Waals surface area contributed by atoms with E-state index in [1.807, 2.05) is 0 Å². The Labute approximate surface area is 170 Å². The first kappa shape index (κ1) is 20.7. The van der Waals surface area contributed by atoms with Crippen LogP contribution in [-0.2, 0) is 16.0 Å². The molecule has 0 saturated carbocycles. The van der Waals surface area contributed by atoms with Crippen molar-refractivity contribution in [3.05, 3.63) is 76.3 Å². The van der Waals surface area contributed by atoms with Crippen LogP contribution in [0, 0.1) is 0 Å². The number of alkyl halides is 3. The summed E-state index contributed by atoms with van der Waals surface area (Å²) in [7, 11) is -3.42. The third-order valence-electron chi connectivity index (χ3n) is 4.17. The molecule has 0 bridgehead atoms. The number of halogens is 5. The Balaban J connectivity index is 2.22. The molecule has 0 aromatic heterocycles. The van der Waals surface area contributed by atoms with Crippen molar-refractivity contribution in [2.75, 3.05) is 6.26 Å². The predicted molar refractivity (Wildman–Crippen MR) is 105 cm³/mol. The van der Waals surface area contributed by atoms with E-state index < -0.39 is 21.6 Å². The molecule has 0 aliphatic rings. The van der Waals surface area contributed by atoms with Crippen molar-refractivity contribution in [2.45, 2.75) is 11.1 Å². The highest BCUT2D eigenvalue weighted by Crippen LogP contribution is 2.39. The molecule has 0 saturated heterocycles. The monoisotopic (exact) mass is 444 g/mol. The lowest BCUT2D eigenvalue weighted by molar-refractivity contribution is -0.137. The van der Waals surface area contributed by atoms with Gasteiger partial charge in [0.2, 0.25) is 0 Å². The van der Waals surface area contributed by atoms with E-state index in [-0.39, 0.29) is 9.92 Å². The largest absolute Gasteiger partial charge is 0.416 e. The summed E-state index contributed by atoms with van der Waals surface area (Å²) in [6, 6.07) is 13.9. The SMILES string of the molecule is CS(=O)(=O)c1ccc(-c2cc(C(F)(F)F)ccc2-c2ccc(Cl)c(Cl)c2)cc1. The second-order valence-corrected chi connectivity index (χ2v) is 9.01. The summed E-state index contributed by atoms with van der Waals surface area (Å²) < 4.78 is 63.0. The van der Waals surface area contributed by atoms with Gasteiger partial charge in [0.1, 0.15) is 0 Å². The second-order valence-electron chi connectivity index (χ2n) is 6.18. The smallest absolute Gasteiger partial charge is 0.224 e. The maximum Gasteiger partial charge on any atom is 0.416 e. The van der Waals surface area contributed by atoms with Gasteiger partial charge in [-0.25, -0.2) is 8.42 Å². The van der Waals surface area contributed by atoms with Crippen LogP contribution in [0.3, 0.4) is 0 Å². The van der Waals surface area contributed by atoms with Gasteiger partial charge in [0.15, 0.2) is 9.84 Å². The van der Waals surface area contributed by atoms with Crippen molar-refractivity contribution in [3.8, 4) is 22.3 Å². The molecule has 0 N–H and O–H groups in total. The molecule has 3 rings (SSSR count). The molecule has 3 aromatic rings. The quantitative estimate of drug-likeness (QED) is 0.447. The average Bonchev–Trinajstić information content (AvgIpc) is 2.62. The summed E-state index contributed by atoms with van der Waals surface area (Å²) in [5, 5.41) is 0.605. The summed E-state index contributed by atoms with van der Waals surface area (Å²) in [5.74, 6) is 0. The van der Waals surface area contributed by atoms with Gasteiger partial charge in [0.25, 0.3) is 0 Å². The van der Waals surface area contributed by atoms with Crippen LogP contribution in [-0.4, -0.2) is 14.7 Å². The number of rotatable bonds is 3. The average molecular weight is 445 g/mol. The first-order valence-corrected chi connectivity index (χ1v) is 10.6. The molecule has 0 atom stereocenters. The number of benzene rings is 3. The predicted octanol–water partition coefficient (Wildman–Crippen LogP) is 6.75. The van der Waals surface area contributed by atoms with Crippen molar-refractivity contribution in [3.63, 3.8) is 0 Å². The van der Waals surface area contributed by atoms with Gasteiger partial charge in [0, 0.05) is 6.26 Å². The van der Waals surface area contributed by atoms with E-state index in [0.29, 0.717) is 27.3 Å². The second kappa shape index (κ2) is 7.43. The van der Waals surface area contributed by atoms with Crippen LogP contribution in [0.4, 0.5) is 13.2 Å². The van der Waals surface area contributed by atoms with E-state index in [1.54, 1.807) is 18.2 Å². The lowest BCUT2D eigenvalue weighted by Crippen LogP contribution is -2.05. The summed E-state index contributed by atoms with van der Waals surface area (Å²) in [4.78, 5) is 0.0827.